The third kappa shape index (κ3) is 3.23. The normalized spacial score (nSPS) is 17.3. The standard InChI is InChI=1S/C10H14ClN3.ClH/c11-9-2-1-3-10(13-9)14-6-4-8(12)5-7-14;/h1-3,8H,4-7,12H2;1H. The Labute approximate surface area is 101 Å². The van der Waals surface area contributed by atoms with Gasteiger partial charge in [-0.25, -0.2) is 4.98 Å². The van der Waals surface area contributed by atoms with E-state index in [0.29, 0.717) is 11.2 Å². The molecule has 0 saturated carbocycles. The predicted octanol–water partition coefficient (Wildman–Crippen LogP) is 2.08. The summed E-state index contributed by atoms with van der Waals surface area (Å²) in [5, 5.41) is 0.553. The second kappa shape index (κ2) is 5.54. The molecule has 84 valence electrons. The Kier molecular flexibility index (Phi) is 4.64. The molecule has 0 atom stereocenters. The predicted molar refractivity (Wildman–Crippen MR) is 65.9 cm³/mol. The zero-order valence-corrected chi connectivity index (χ0v) is 9.97. The molecular formula is C10H15Cl2N3. The van der Waals surface area contributed by atoms with Gasteiger partial charge in [-0.05, 0) is 25.0 Å². The van der Waals surface area contributed by atoms with Crippen molar-refractivity contribution < 1.29 is 0 Å². The van der Waals surface area contributed by atoms with Crippen molar-refractivity contribution in [3.8, 4) is 0 Å². The van der Waals surface area contributed by atoms with Gasteiger partial charge in [-0.3, -0.25) is 0 Å². The molecule has 2 N–H and O–H groups in total. The van der Waals surface area contributed by atoms with Crippen LogP contribution < -0.4 is 10.6 Å². The van der Waals surface area contributed by atoms with E-state index in [1.165, 1.54) is 0 Å². The fourth-order valence-corrected chi connectivity index (χ4v) is 1.86. The Balaban J connectivity index is 0.00000112. The number of nitrogens with two attached hydrogens (primary N) is 1. The number of piperidine rings is 1. The first kappa shape index (κ1) is 12.6. The van der Waals surface area contributed by atoms with Crippen LogP contribution in [0.2, 0.25) is 5.15 Å². The van der Waals surface area contributed by atoms with E-state index in [9.17, 15) is 0 Å². The zero-order valence-electron chi connectivity index (χ0n) is 8.40. The highest BCUT2D eigenvalue weighted by Crippen LogP contribution is 2.18. The van der Waals surface area contributed by atoms with Crippen molar-refractivity contribution in [2.75, 3.05) is 18.0 Å². The molecule has 0 amide bonds. The Bertz CT molecular complexity index is 311. The summed E-state index contributed by atoms with van der Waals surface area (Å²) in [5.74, 6) is 0.962. The van der Waals surface area contributed by atoms with Gasteiger partial charge in [0.25, 0.3) is 0 Å². The van der Waals surface area contributed by atoms with Crippen molar-refractivity contribution in [3.05, 3.63) is 23.4 Å². The average molecular weight is 248 g/mol. The molecule has 1 aliphatic rings. The minimum Gasteiger partial charge on any atom is -0.356 e. The maximum absolute atomic E-state index is 5.83. The summed E-state index contributed by atoms with van der Waals surface area (Å²) in [6.07, 6.45) is 2.07. The van der Waals surface area contributed by atoms with Gasteiger partial charge in [-0.2, -0.15) is 0 Å². The zero-order chi connectivity index (χ0) is 9.97. The second-order valence-corrected chi connectivity index (χ2v) is 4.03. The van der Waals surface area contributed by atoms with Gasteiger partial charge >= 0.3 is 0 Å². The maximum Gasteiger partial charge on any atom is 0.131 e. The Morgan fingerprint density at radius 2 is 2.00 bits per heavy atom. The Hall–Kier alpha value is -0.510. The molecular weight excluding hydrogens is 233 g/mol. The summed E-state index contributed by atoms with van der Waals surface area (Å²) < 4.78 is 0. The lowest BCUT2D eigenvalue weighted by Crippen LogP contribution is -2.40. The van der Waals surface area contributed by atoms with Gasteiger partial charge in [0.15, 0.2) is 0 Å². The molecule has 1 saturated heterocycles. The number of nitrogens with zero attached hydrogens (tertiary/aromatic N) is 2. The van der Waals surface area contributed by atoms with Crippen molar-refractivity contribution in [1.82, 2.24) is 4.98 Å². The summed E-state index contributed by atoms with van der Waals surface area (Å²) in [4.78, 5) is 6.50. The van der Waals surface area contributed by atoms with Gasteiger partial charge in [-0.1, -0.05) is 17.7 Å². The second-order valence-electron chi connectivity index (χ2n) is 3.64. The van der Waals surface area contributed by atoms with E-state index in [-0.39, 0.29) is 12.4 Å². The molecule has 1 aromatic rings. The van der Waals surface area contributed by atoms with E-state index >= 15 is 0 Å². The van der Waals surface area contributed by atoms with Crippen LogP contribution in [0.4, 0.5) is 5.82 Å². The summed E-state index contributed by atoms with van der Waals surface area (Å²) in [6, 6.07) is 6.06. The molecule has 1 aliphatic heterocycles. The molecule has 0 aliphatic carbocycles. The van der Waals surface area contributed by atoms with Crippen LogP contribution in [0, 0.1) is 0 Å². The smallest absolute Gasteiger partial charge is 0.131 e. The van der Waals surface area contributed by atoms with Crippen molar-refractivity contribution in [3.63, 3.8) is 0 Å². The number of hydrogen-bond donors (Lipinski definition) is 1. The van der Waals surface area contributed by atoms with Crippen molar-refractivity contribution in [2.24, 2.45) is 5.73 Å². The molecule has 1 aromatic heterocycles. The number of halogens is 2. The van der Waals surface area contributed by atoms with E-state index in [4.69, 9.17) is 17.3 Å². The first-order valence-electron chi connectivity index (χ1n) is 4.89. The summed E-state index contributed by atoms with van der Waals surface area (Å²) in [7, 11) is 0. The topological polar surface area (TPSA) is 42.1 Å². The van der Waals surface area contributed by atoms with E-state index in [1.807, 2.05) is 12.1 Å². The van der Waals surface area contributed by atoms with Crippen molar-refractivity contribution in [1.29, 1.82) is 0 Å². The van der Waals surface area contributed by atoms with Gasteiger partial charge in [0.05, 0.1) is 0 Å². The molecule has 2 heterocycles. The molecule has 2 rings (SSSR count). The van der Waals surface area contributed by atoms with Gasteiger partial charge < -0.3 is 10.6 Å². The van der Waals surface area contributed by atoms with E-state index < -0.39 is 0 Å². The van der Waals surface area contributed by atoms with Crippen LogP contribution in [0.3, 0.4) is 0 Å². The lowest BCUT2D eigenvalue weighted by molar-refractivity contribution is 0.498. The number of pyridine rings is 1. The van der Waals surface area contributed by atoms with Crippen molar-refractivity contribution >= 4 is 29.8 Å². The highest BCUT2D eigenvalue weighted by molar-refractivity contribution is 6.29. The highest BCUT2D eigenvalue weighted by Gasteiger charge is 2.16. The molecule has 0 unspecified atom stereocenters. The quantitative estimate of drug-likeness (QED) is 0.774. The van der Waals surface area contributed by atoms with E-state index in [1.54, 1.807) is 6.07 Å². The average Bonchev–Trinajstić information content (AvgIpc) is 2.19. The third-order valence-corrected chi connectivity index (χ3v) is 2.77. The number of rotatable bonds is 1. The maximum atomic E-state index is 5.83. The first-order valence-corrected chi connectivity index (χ1v) is 5.26. The monoisotopic (exact) mass is 247 g/mol. The molecule has 0 radical (unpaired) electrons. The fourth-order valence-electron chi connectivity index (χ4n) is 1.70. The minimum atomic E-state index is 0. The van der Waals surface area contributed by atoms with E-state index in [0.717, 1.165) is 31.7 Å². The molecule has 1 fully saturated rings. The van der Waals surface area contributed by atoms with E-state index in [2.05, 4.69) is 9.88 Å². The fraction of sp³-hybridized carbons (Fsp3) is 0.500. The summed E-state index contributed by atoms with van der Waals surface area (Å²) in [6.45, 7) is 1.96. The Morgan fingerprint density at radius 1 is 1.33 bits per heavy atom. The number of aromatic nitrogens is 1. The van der Waals surface area contributed by atoms with Gasteiger partial charge in [0.2, 0.25) is 0 Å². The van der Waals surface area contributed by atoms with Gasteiger partial charge in [0.1, 0.15) is 11.0 Å². The lowest BCUT2D eigenvalue weighted by atomic mass is 10.1. The molecule has 15 heavy (non-hydrogen) atoms. The third-order valence-electron chi connectivity index (χ3n) is 2.56. The van der Waals surface area contributed by atoms with Crippen LogP contribution in [0.25, 0.3) is 0 Å². The van der Waals surface area contributed by atoms with Crippen LogP contribution in [0.1, 0.15) is 12.8 Å². The van der Waals surface area contributed by atoms with Crippen LogP contribution in [-0.2, 0) is 0 Å². The molecule has 0 spiro atoms. The Morgan fingerprint density at radius 3 is 2.60 bits per heavy atom. The van der Waals surface area contributed by atoms with Crippen LogP contribution >= 0.6 is 24.0 Å². The first-order chi connectivity index (χ1) is 6.75. The summed E-state index contributed by atoms with van der Waals surface area (Å²) in [5.41, 5.74) is 5.83. The molecule has 5 heteroatoms. The van der Waals surface area contributed by atoms with Gasteiger partial charge in [0, 0.05) is 19.1 Å². The van der Waals surface area contributed by atoms with Crippen molar-refractivity contribution in [2.45, 2.75) is 18.9 Å². The number of hydrogen-bond acceptors (Lipinski definition) is 3. The lowest BCUT2D eigenvalue weighted by Gasteiger charge is -2.31. The minimum absolute atomic E-state index is 0. The molecule has 0 bridgehead atoms. The largest absolute Gasteiger partial charge is 0.356 e. The molecule has 3 nitrogen and oxygen atoms in total. The highest BCUT2D eigenvalue weighted by atomic mass is 35.5. The number of anilines is 1. The van der Waals surface area contributed by atoms with Crippen LogP contribution in [0.5, 0.6) is 0 Å². The van der Waals surface area contributed by atoms with Crippen LogP contribution in [-0.4, -0.2) is 24.1 Å². The summed E-state index contributed by atoms with van der Waals surface area (Å²) >= 11 is 5.83. The SMILES string of the molecule is Cl.NC1CCN(c2cccc(Cl)n2)CC1. The molecule has 0 aromatic carbocycles. The van der Waals surface area contributed by atoms with Gasteiger partial charge in [-0.15, -0.1) is 12.4 Å². The van der Waals surface area contributed by atoms with Crippen LogP contribution in [0.15, 0.2) is 18.2 Å².